The number of hydrogen-bond acceptors (Lipinski definition) is 4. The van der Waals surface area contributed by atoms with Crippen LogP contribution in [0.15, 0.2) is 66.7 Å². The maximum absolute atomic E-state index is 12.2. The van der Waals surface area contributed by atoms with Crippen molar-refractivity contribution >= 4 is 17.0 Å². The number of carbonyl (C=O) groups is 1. The van der Waals surface area contributed by atoms with Gasteiger partial charge >= 0.3 is 5.97 Å². The molecule has 34 heavy (non-hydrogen) atoms. The van der Waals surface area contributed by atoms with Gasteiger partial charge in [-0.15, -0.1) is 15.0 Å². The van der Waals surface area contributed by atoms with Crippen LogP contribution in [0.5, 0.6) is 5.75 Å². The van der Waals surface area contributed by atoms with Gasteiger partial charge in [0.15, 0.2) is 0 Å². The second-order valence-electron chi connectivity index (χ2n) is 10.6. The van der Waals surface area contributed by atoms with Crippen LogP contribution in [0.2, 0.25) is 0 Å². The Labute approximate surface area is 200 Å². The average Bonchev–Trinajstić information content (AvgIpc) is 3.20. The van der Waals surface area contributed by atoms with E-state index in [9.17, 15) is 9.90 Å². The summed E-state index contributed by atoms with van der Waals surface area (Å²) in [6.07, 6.45) is -1.17. The smallest absolute Gasteiger partial charge is 0.349 e. The molecule has 1 heterocycles. The molecule has 6 heteroatoms. The normalized spacial score (nSPS) is 13.1. The Kier molecular flexibility index (Phi) is 5.94. The van der Waals surface area contributed by atoms with Gasteiger partial charge in [-0.05, 0) is 46.2 Å². The average molecular weight is 458 g/mol. The standard InChI is InChI=1S/C28H31N3O3/c1-27(2,3)19-13-11-18(12-14-19)25(26(32)33)34-24-16-15-20(28(4,5)6)17-23(24)31-29-21-9-7-8-10-22(21)30-31/h7-17,25H,1-6H3,(H,32,33). The van der Waals surface area contributed by atoms with Gasteiger partial charge in [0, 0.05) is 5.56 Å². The van der Waals surface area contributed by atoms with Crippen LogP contribution >= 0.6 is 0 Å². The van der Waals surface area contributed by atoms with Crippen molar-refractivity contribution in [1.82, 2.24) is 15.0 Å². The summed E-state index contributed by atoms with van der Waals surface area (Å²) in [6, 6.07) is 20.9. The fourth-order valence-corrected chi connectivity index (χ4v) is 3.75. The number of ether oxygens (including phenoxy) is 1. The highest BCUT2D eigenvalue weighted by Crippen LogP contribution is 2.34. The second kappa shape index (κ2) is 8.60. The molecule has 0 spiro atoms. The number of nitrogens with zero attached hydrogens (tertiary/aromatic N) is 3. The lowest BCUT2D eigenvalue weighted by Gasteiger charge is -2.23. The molecule has 0 bridgehead atoms. The summed E-state index contributed by atoms with van der Waals surface area (Å²) in [5.41, 5.74) is 4.73. The summed E-state index contributed by atoms with van der Waals surface area (Å²) in [5.74, 6) is -0.659. The van der Waals surface area contributed by atoms with Crippen molar-refractivity contribution in [3.63, 3.8) is 0 Å². The fourth-order valence-electron chi connectivity index (χ4n) is 3.75. The van der Waals surface area contributed by atoms with Gasteiger partial charge in [-0.3, -0.25) is 0 Å². The Morgan fingerprint density at radius 2 is 1.35 bits per heavy atom. The Bertz CT molecular complexity index is 1290. The highest BCUT2D eigenvalue weighted by atomic mass is 16.5. The fraction of sp³-hybridized carbons (Fsp3) is 0.321. The predicted molar refractivity (Wildman–Crippen MR) is 134 cm³/mol. The minimum Gasteiger partial charge on any atom is -0.478 e. The lowest BCUT2D eigenvalue weighted by atomic mass is 9.86. The van der Waals surface area contributed by atoms with Gasteiger partial charge in [0.05, 0.1) is 0 Å². The Morgan fingerprint density at radius 1 is 0.824 bits per heavy atom. The zero-order valence-electron chi connectivity index (χ0n) is 20.5. The van der Waals surface area contributed by atoms with Gasteiger partial charge in [0.2, 0.25) is 6.10 Å². The minimum atomic E-state index is -1.17. The number of aliphatic carboxylic acids is 1. The third-order valence-electron chi connectivity index (χ3n) is 5.88. The van der Waals surface area contributed by atoms with Gasteiger partial charge in [-0.1, -0.05) is 84.0 Å². The van der Waals surface area contributed by atoms with E-state index in [1.165, 1.54) is 4.80 Å². The summed E-state index contributed by atoms with van der Waals surface area (Å²) >= 11 is 0. The summed E-state index contributed by atoms with van der Waals surface area (Å²) in [7, 11) is 0. The third-order valence-corrected chi connectivity index (χ3v) is 5.88. The van der Waals surface area contributed by atoms with Gasteiger partial charge in [0.25, 0.3) is 0 Å². The Morgan fingerprint density at radius 3 is 1.85 bits per heavy atom. The number of benzene rings is 3. The maximum atomic E-state index is 12.2. The molecular weight excluding hydrogens is 426 g/mol. The van der Waals surface area contributed by atoms with Crippen molar-refractivity contribution in [2.75, 3.05) is 0 Å². The van der Waals surface area contributed by atoms with E-state index in [-0.39, 0.29) is 10.8 Å². The lowest BCUT2D eigenvalue weighted by Crippen LogP contribution is -2.20. The van der Waals surface area contributed by atoms with Crippen LogP contribution in [-0.2, 0) is 15.6 Å². The van der Waals surface area contributed by atoms with Crippen molar-refractivity contribution in [3.8, 4) is 11.4 Å². The highest BCUT2D eigenvalue weighted by Gasteiger charge is 2.26. The zero-order chi connectivity index (χ0) is 24.7. The van der Waals surface area contributed by atoms with Crippen molar-refractivity contribution < 1.29 is 14.6 Å². The number of fused-ring (bicyclic) bond motifs is 1. The summed E-state index contributed by atoms with van der Waals surface area (Å²) in [5, 5.41) is 19.2. The van der Waals surface area contributed by atoms with E-state index in [0.29, 0.717) is 17.0 Å². The first-order chi connectivity index (χ1) is 15.9. The quantitative estimate of drug-likeness (QED) is 0.385. The Balaban J connectivity index is 1.78. The molecule has 1 N–H and O–H groups in total. The molecule has 0 aliphatic rings. The minimum absolute atomic E-state index is 0.0260. The number of carboxylic acids is 1. The molecule has 4 rings (SSSR count). The Hall–Kier alpha value is -3.67. The van der Waals surface area contributed by atoms with Crippen LogP contribution < -0.4 is 4.74 Å². The van der Waals surface area contributed by atoms with Crippen LogP contribution in [0, 0.1) is 0 Å². The predicted octanol–water partition coefficient (Wildman–Crippen LogP) is 6.22. The van der Waals surface area contributed by atoms with E-state index < -0.39 is 12.1 Å². The van der Waals surface area contributed by atoms with Crippen LogP contribution in [-0.4, -0.2) is 26.1 Å². The molecule has 0 aliphatic heterocycles. The van der Waals surface area contributed by atoms with E-state index in [4.69, 9.17) is 4.74 Å². The monoisotopic (exact) mass is 457 g/mol. The van der Waals surface area contributed by atoms with E-state index in [1.54, 1.807) is 0 Å². The van der Waals surface area contributed by atoms with Crippen molar-refractivity contribution in [3.05, 3.63) is 83.4 Å². The number of hydrogen-bond donors (Lipinski definition) is 1. The van der Waals surface area contributed by atoms with E-state index in [0.717, 1.165) is 22.2 Å². The summed E-state index contributed by atoms with van der Waals surface area (Å²) in [4.78, 5) is 13.8. The molecule has 6 nitrogen and oxygen atoms in total. The molecule has 1 atom stereocenters. The lowest BCUT2D eigenvalue weighted by molar-refractivity contribution is -0.145. The second-order valence-corrected chi connectivity index (χ2v) is 10.6. The first-order valence-electron chi connectivity index (χ1n) is 11.4. The first kappa shape index (κ1) is 23.5. The molecule has 0 aliphatic carbocycles. The molecule has 1 aromatic heterocycles. The van der Waals surface area contributed by atoms with Gasteiger partial charge in [-0.25, -0.2) is 4.79 Å². The highest BCUT2D eigenvalue weighted by molar-refractivity contribution is 5.76. The molecule has 0 amide bonds. The topological polar surface area (TPSA) is 77.2 Å². The van der Waals surface area contributed by atoms with E-state index in [1.807, 2.05) is 66.7 Å². The van der Waals surface area contributed by atoms with Crippen LogP contribution in [0.1, 0.15) is 64.3 Å². The van der Waals surface area contributed by atoms with E-state index >= 15 is 0 Å². The molecule has 4 aromatic rings. The maximum Gasteiger partial charge on any atom is 0.349 e. The summed E-state index contributed by atoms with van der Waals surface area (Å²) in [6.45, 7) is 12.7. The molecule has 0 saturated heterocycles. The van der Waals surface area contributed by atoms with Crippen molar-refractivity contribution in [2.24, 2.45) is 0 Å². The van der Waals surface area contributed by atoms with Crippen LogP contribution in [0.25, 0.3) is 16.7 Å². The first-order valence-corrected chi connectivity index (χ1v) is 11.4. The van der Waals surface area contributed by atoms with Crippen molar-refractivity contribution in [1.29, 1.82) is 0 Å². The SMILES string of the molecule is CC(C)(C)c1ccc(C(Oc2ccc(C(C)(C)C)cc2-n2nc3ccccc3n2)C(=O)O)cc1. The molecule has 3 aromatic carbocycles. The molecule has 0 fully saturated rings. The van der Waals surface area contributed by atoms with Gasteiger partial charge in [0.1, 0.15) is 22.5 Å². The molecule has 176 valence electrons. The molecule has 0 saturated carbocycles. The van der Waals surface area contributed by atoms with Crippen LogP contribution in [0.4, 0.5) is 0 Å². The zero-order valence-corrected chi connectivity index (χ0v) is 20.5. The van der Waals surface area contributed by atoms with Crippen LogP contribution in [0.3, 0.4) is 0 Å². The van der Waals surface area contributed by atoms with Gasteiger partial charge in [-0.2, -0.15) is 0 Å². The largest absolute Gasteiger partial charge is 0.478 e. The van der Waals surface area contributed by atoms with Crippen molar-refractivity contribution in [2.45, 2.75) is 58.5 Å². The number of aromatic nitrogens is 3. The molecular formula is C28H31N3O3. The number of rotatable bonds is 5. The summed E-state index contributed by atoms with van der Waals surface area (Å²) < 4.78 is 6.14. The van der Waals surface area contributed by atoms with E-state index in [2.05, 4.69) is 51.7 Å². The molecule has 1 unspecified atom stereocenters. The number of carboxylic acid groups (broad SMARTS) is 1. The van der Waals surface area contributed by atoms with Gasteiger partial charge < -0.3 is 9.84 Å². The molecule has 0 radical (unpaired) electrons. The third kappa shape index (κ3) is 4.81.